The summed E-state index contributed by atoms with van der Waals surface area (Å²) in [5, 5.41) is 3.08. The number of nitrogens with two attached hydrogens (primary N) is 1. The topological polar surface area (TPSA) is 58.4 Å². The SMILES string of the molecule is CCC(C)(C)NC(=O)CN1C[C@@H](N)[C@H](c2ccccc2)C1.Cl. The van der Waals surface area contributed by atoms with E-state index in [9.17, 15) is 4.79 Å². The van der Waals surface area contributed by atoms with Crippen LogP contribution in [-0.4, -0.2) is 42.0 Å². The Labute approximate surface area is 139 Å². The number of hydrogen-bond donors (Lipinski definition) is 2. The van der Waals surface area contributed by atoms with E-state index in [2.05, 4.69) is 29.3 Å². The Morgan fingerprint density at radius 2 is 1.95 bits per heavy atom. The molecule has 1 saturated heterocycles. The second-order valence-corrected chi connectivity index (χ2v) is 6.66. The number of carbonyl (C=O) groups is 1. The molecular formula is C17H28ClN3O. The first-order chi connectivity index (χ1) is 9.91. The maximum atomic E-state index is 12.1. The van der Waals surface area contributed by atoms with Gasteiger partial charge in [-0.15, -0.1) is 12.4 Å². The van der Waals surface area contributed by atoms with Crippen molar-refractivity contribution in [1.82, 2.24) is 10.2 Å². The normalized spacial score (nSPS) is 22.2. The number of likely N-dealkylation sites (tertiary alicyclic amines) is 1. The fourth-order valence-electron chi connectivity index (χ4n) is 2.80. The van der Waals surface area contributed by atoms with E-state index in [1.807, 2.05) is 32.0 Å². The molecule has 124 valence electrons. The Bertz CT molecular complexity index is 478. The molecule has 3 N–H and O–H groups in total. The molecule has 1 fully saturated rings. The molecule has 0 aromatic heterocycles. The van der Waals surface area contributed by atoms with Crippen molar-refractivity contribution in [1.29, 1.82) is 0 Å². The predicted molar refractivity (Wildman–Crippen MR) is 93.4 cm³/mol. The van der Waals surface area contributed by atoms with E-state index in [0.717, 1.165) is 19.5 Å². The predicted octanol–water partition coefficient (Wildman–Crippen LogP) is 2.14. The van der Waals surface area contributed by atoms with Gasteiger partial charge in [0.1, 0.15) is 0 Å². The van der Waals surface area contributed by atoms with E-state index in [0.29, 0.717) is 12.5 Å². The number of nitrogens with one attached hydrogen (secondary N) is 1. The van der Waals surface area contributed by atoms with Gasteiger partial charge in [0.2, 0.25) is 5.91 Å². The first-order valence-electron chi connectivity index (χ1n) is 7.75. The zero-order valence-corrected chi connectivity index (χ0v) is 14.5. The summed E-state index contributed by atoms with van der Waals surface area (Å²) in [7, 11) is 0. The summed E-state index contributed by atoms with van der Waals surface area (Å²) in [4.78, 5) is 14.3. The molecule has 0 aliphatic carbocycles. The maximum Gasteiger partial charge on any atom is 0.234 e. The second-order valence-electron chi connectivity index (χ2n) is 6.66. The van der Waals surface area contributed by atoms with E-state index in [4.69, 9.17) is 5.73 Å². The number of amides is 1. The van der Waals surface area contributed by atoms with Gasteiger partial charge >= 0.3 is 0 Å². The highest BCUT2D eigenvalue weighted by atomic mass is 35.5. The van der Waals surface area contributed by atoms with Crippen LogP contribution in [0.5, 0.6) is 0 Å². The van der Waals surface area contributed by atoms with Gasteiger partial charge in [-0.2, -0.15) is 0 Å². The van der Waals surface area contributed by atoms with Gasteiger partial charge in [0.05, 0.1) is 6.54 Å². The lowest BCUT2D eigenvalue weighted by Gasteiger charge is -2.26. The van der Waals surface area contributed by atoms with Crippen LogP contribution >= 0.6 is 12.4 Å². The smallest absolute Gasteiger partial charge is 0.234 e. The first-order valence-corrected chi connectivity index (χ1v) is 7.75. The molecule has 0 saturated carbocycles. The van der Waals surface area contributed by atoms with Crippen molar-refractivity contribution in [3.8, 4) is 0 Å². The Morgan fingerprint density at radius 1 is 1.32 bits per heavy atom. The van der Waals surface area contributed by atoms with Crippen LogP contribution in [0.25, 0.3) is 0 Å². The largest absolute Gasteiger partial charge is 0.350 e. The van der Waals surface area contributed by atoms with Crippen LogP contribution in [0.4, 0.5) is 0 Å². The highest BCUT2D eigenvalue weighted by molar-refractivity contribution is 5.85. The third-order valence-corrected chi connectivity index (χ3v) is 4.40. The molecule has 0 spiro atoms. The minimum absolute atomic E-state index is 0. The van der Waals surface area contributed by atoms with Crippen molar-refractivity contribution in [3.63, 3.8) is 0 Å². The van der Waals surface area contributed by atoms with Gasteiger partial charge in [0.25, 0.3) is 0 Å². The third kappa shape index (κ3) is 4.97. The lowest BCUT2D eigenvalue weighted by molar-refractivity contribution is -0.123. The zero-order valence-electron chi connectivity index (χ0n) is 13.7. The number of halogens is 1. The van der Waals surface area contributed by atoms with Crippen LogP contribution in [0.15, 0.2) is 30.3 Å². The second kappa shape index (κ2) is 7.95. The van der Waals surface area contributed by atoms with Gasteiger partial charge in [0.15, 0.2) is 0 Å². The average Bonchev–Trinajstić information content (AvgIpc) is 2.79. The Kier molecular flexibility index (Phi) is 6.85. The summed E-state index contributed by atoms with van der Waals surface area (Å²) in [6, 6.07) is 10.4. The van der Waals surface area contributed by atoms with Crippen LogP contribution in [0, 0.1) is 0 Å². The van der Waals surface area contributed by atoms with Gasteiger partial charge in [-0.05, 0) is 25.8 Å². The van der Waals surface area contributed by atoms with Crippen LogP contribution in [0.1, 0.15) is 38.7 Å². The molecule has 4 nitrogen and oxygen atoms in total. The van der Waals surface area contributed by atoms with Crippen molar-refractivity contribution >= 4 is 18.3 Å². The minimum atomic E-state index is -0.141. The van der Waals surface area contributed by atoms with Crippen LogP contribution in [-0.2, 0) is 4.79 Å². The van der Waals surface area contributed by atoms with E-state index in [-0.39, 0.29) is 29.9 Å². The van der Waals surface area contributed by atoms with Crippen LogP contribution in [0.2, 0.25) is 0 Å². The molecule has 1 aliphatic heterocycles. The lowest BCUT2D eigenvalue weighted by Crippen LogP contribution is -2.47. The summed E-state index contributed by atoms with van der Waals surface area (Å²) >= 11 is 0. The monoisotopic (exact) mass is 325 g/mol. The Balaban J connectivity index is 0.00000242. The van der Waals surface area contributed by atoms with E-state index in [1.54, 1.807) is 0 Å². The van der Waals surface area contributed by atoms with E-state index in [1.165, 1.54) is 5.56 Å². The molecule has 2 rings (SSSR count). The number of carbonyl (C=O) groups excluding carboxylic acids is 1. The third-order valence-electron chi connectivity index (χ3n) is 4.40. The number of benzene rings is 1. The van der Waals surface area contributed by atoms with Crippen molar-refractivity contribution < 1.29 is 4.79 Å². The molecule has 1 aromatic rings. The summed E-state index contributed by atoms with van der Waals surface area (Å²) in [6.45, 7) is 8.24. The fourth-order valence-corrected chi connectivity index (χ4v) is 2.80. The molecule has 22 heavy (non-hydrogen) atoms. The van der Waals surface area contributed by atoms with Gasteiger partial charge in [0, 0.05) is 30.6 Å². The van der Waals surface area contributed by atoms with Crippen molar-refractivity contribution in [2.45, 2.75) is 44.7 Å². The Hall–Kier alpha value is -1.10. The molecule has 1 aliphatic rings. The minimum Gasteiger partial charge on any atom is -0.350 e. The number of hydrogen-bond acceptors (Lipinski definition) is 3. The van der Waals surface area contributed by atoms with E-state index < -0.39 is 0 Å². The average molecular weight is 326 g/mol. The summed E-state index contributed by atoms with van der Waals surface area (Å²) in [6.07, 6.45) is 0.922. The standard InChI is InChI=1S/C17H27N3O.ClH/c1-4-17(2,3)19-16(21)12-20-10-14(15(18)11-20)13-8-6-5-7-9-13;/h5-9,14-15H,4,10-12,18H2,1-3H3,(H,19,21);1H/t14-,15+;/m0./s1. The van der Waals surface area contributed by atoms with Gasteiger partial charge in [-0.3, -0.25) is 9.69 Å². The molecular weight excluding hydrogens is 298 g/mol. The molecule has 0 bridgehead atoms. The lowest BCUT2D eigenvalue weighted by atomic mass is 9.95. The molecule has 1 aromatic carbocycles. The fraction of sp³-hybridized carbons (Fsp3) is 0.588. The number of nitrogens with zero attached hydrogens (tertiary/aromatic N) is 1. The van der Waals surface area contributed by atoms with Crippen molar-refractivity contribution in [3.05, 3.63) is 35.9 Å². The zero-order chi connectivity index (χ0) is 15.5. The van der Waals surface area contributed by atoms with Crippen LogP contribution in [0.3, 0.4) is 0 Å². The molecule has 0 unspecified atom stereocenters. The Morgan fingerprint density at radius 3 is 2.55 bits per heavy atom. The summed E-state index contributed by atoms with van der Waals surface area (Å²) in [5.41, 5.74) is 7.38. The summed E-state index contributed by atoms with van der Waals surface area (Å²) in [5.74, 6) is 0.404. The van der Waals surface area contributed by atoms with Crippen LogP contribution < -0.4 is 11.1 Å². The number of rotatable bonds is 5. The molecule has 0 radical (unpaired) electrons. The van der Waals surface area contributed by atoms with Crippen molar-refractivity contribution in [2.24, 2.45) is 5.73 Å². The van der Waals surface area contributed by atoms with Gasteiger partial charge in [-0.1, -0.05) is 37.3 Å². The quantitative estimate of drug-likeness (QED) is 0.872. The molecule has 1 heterocycles. The van der Waals surface area contributed by atoms with Crippen molar-refractivity contribution in [2.75, 3.05) is 19.6 Å². The highest BCUT2D eigenvalue weighted by Crippen LogP contribution is 2.26. The molecule has 2 atom stereocenters. The van der Waals surface area contributed by atoms with Gasteiger partial charge in [-0.25, -0.2) is 0 Å². The molecule has 5 heteroatoms. The molecule has 1 amide bonds. The van der Waals surface area contributed by atoms with E-state index >= 15 is 0 Å². The highest BCUT2D eigenvalue weighted by Gasteiger charge is 2.32. The maximum absolute atomic E-state index is 12.1. The first kappa shape index (κ1) is 18.9. The van der Waals surface area contributed by atoms with Gasteiger partial charge < -0.3 is 11.1 Å². The summed E-state index contributed by atoms with van der Waals surface area (Å²) < 4.78 is 0.